The van der Waals surface area contributed by atoms with Gasteiger partial charge in [0.1, 0.15) is 0 Å². The molecule has 0 heterocycles. The molecule has 8 nitrogen and oxygen atoms in total. The largest absolute Gasteiger partial charge is 4.00 e. The van der Waals surface area contributed by atoms with Crippen molar-refractivity contribution in [1.82, 2.24) is 0 Å². The van der Waals surface area contributed by atoms with Gasteiger partial charge < -0.3 is 39.6 Å². The van der Waals surface area contributed by atoms with Crippen LogP contribution in [-0.4, -0.2) is 34.8 Å². The van der Waals surface area contributed by atoms with E-state index in [0.717, 1.165) is 0 Å². The summed E-state index contributed by atoms with van der Waals surface area (Å²) in [6.45, 7) is 12.6. The van der Waals surface area contributed by atoms with Gasteiger partial charge in [-0.05, 0) is 23.7 Å². The first kappa shape index (κ1) is 34.4. The maximum absolute atomic E-state index is 9.59. The van der Waals surface area contributed by atoms with Gasteiger partial charge in [0.15, 0.2) is 0 Å². The molecule has 0 aromatic rings. The number of hydrogen-bond donors (Lipinski definition) is 0. The number of hydrogen-bond acceptors (Lipinski definition) is 8. The van der Waals surface area contributed by atoms with Crippen LogP contribution in [0.15, 0.2) is 0 Å². The number of carbonyl (C=O) groups excluding carboxylic acids is 4. The van der Waals surface area contributed by atoms with Crippen molar-refractivity contribution in [3.05, 3.63) is 0 Å². The number of carboxylic acid groups (broad SMARTS) is 4. The van der Waals surface area contributed by atoms with Crippen molar-refractivity contribution in [2.75, 3.05) is 0 Å². The minimum absolute atomic E-state index is 0. The summed E-state index contributed by atoms with van der Waals surface area (Å²) in [5, 5.41) is 38.4. The molecule has 0 aliphatic rings. The molecule has 0 amide bonds. The third kappa shape index (κ3) is 44.9. The molecule has 0 aliphatic heterocycles. The van der Waals surface area contributed by atoms with E-state index in [2.05, 4.69) is 0 Å². The summed E-state index contributed by atoms with van der Waals surface area (Å²) in [6, 6.07) is 0. The maximum Gasteiger partial charge on any atom is 4.00 e. The number of carboxylic acids is 4. The summed E-state index contributed by atoms with van der Waals surface area (Å²) in [6.07, 6.45) is 0. The Morgan fingerprint density at radius 3 is 0.480 bits per heavy atom. The van der Waals surface area contributed by atoms with Gasteiger partial charge in [0, 0.05) is 23.9 Å². The summed E-state index contributed by atoms with van der Waals surface area (Å²) in [7, 11) is 0. The zero-order chi connectivity index (χ0) is 20.6. The number of aliphatic carboxylic acids is 4. The van der Waals surface area contributed by atoms with Gasteiger partial charge in [0.2, 0.25) is 0 Å². The van der Waals surface area contributed by atoms with Crippen molar-refractivity contribution < 1.29 is 39.6 Å². The Bertz CT molecular complexity index is 304. The predicted octanol–water partition coefficient (Wildman–Crippen LogP) is -2.81. The fraction of sp³-hybridized carbons (Fsp3) is 0.750. The summed E-state index contributed by atoms with van der Waals surface area (Å²) >= 11 is 0. The molecular weight excluding hydrogens is 348 g/mol. The quantitative estimate of drug-likeness (QED) is 0.475. The fourth-order valence-corrected chi connectivity index (χ4v) is 0. The summed E-state index contributed by atoms with van der Waals surface area (Å²) in [4.78, 5) is 38.4. The van der Waals surface area contributed by atoms with Crippen LogP contribution < -0.4 is 20.4 Å². The molecule has 0 aromatic heterocycles. The van der Waals surface area contributed by atoms with E-state index in [-0.39, 0.29) is 34.6 Å². The molecule has 9 heteroatoms. The molecule has 0 N–H and O–H groups in total. The van der Waals surface area contributed by atoms with E-state index in [4.69, 9.17) is 0 Å². The molecule has 0 fully saturated rings. The third-order valence-corrected chi connectivity index (χ3v) is 1.89. The second-order valence-corrected chi connectivity index (χ2v) is 5.89. The van der Waals surface area contributed by atoms with Gasteiger partial charge in [-0.2, -0.15) is 0 Å². The first-order valence-electron chi connectivity index (χ1n) is 7.41. The molecule has 25 heavy (non-hydrogen) atoms. The smallest absolute Gasteiger partial charge is 0.550 e. The van der Waals surface area contributed by atoms with Crippen molar-refractivity contribution in [3.8, 4) is 0 Å². The molecular formula is C16H28O8Si. The SMILES string of the molecule is CC(C)C(=O)[O-].CC(C)C(=O)[O-].CC(C)C(=O)[O-].CC(C)C(=O)[O-].[Si+4]. The molecule has 0 atom stereocenters. The van der Waals surface area contributed by atoms with E-state index in [1.54, 1.807) is 55.4 Å². The monoisotopic (exact) mass is 376 g/mol. The fourth-order valence-electron chi connectivity index (χ4n) is 0. The van der Waals surface area contributed by atoms with E-state index >= 15 is 0 Å². The minimum Gasteiger partial charge on any atom is -0.550 e. The van der Waals surface area contributed by atoms with E-state index in [1.807, 2.05) is 0 Å². The van der Waals surface area contributed by atoms with Crippen LogP contribution in [-0.2, 0) is 19.2 Å². The van der Waals surface area contributed by atoms with Gasteiger partial charge in [-0.15, -0.1) is 0 Å². The van der Waals surface area contributed by atoms with Crippen LogP contribution in [0.1, 0.15) is 55.4 Å². The molecule has 0 bridgehead atoms. The zero-order valence-corrected chi connectivity index (χ0v) is 17.1. The van der Waals surface area contributed by atoms with Crippen molar-refractivity contribution in [2.45, 2.75) is 55.4 Å². The Morgan fingerprint density at radius 2 is 0.480 bits per heavy atom. The number of rotatable bonds is 4. The molecule has 0 saturated heterocycles. The first-order chi connectivity index (χ1) is 10.6. The van der Waals surface area contributed by atoms with E-state index in [1.165, 1.54) is 0 Å². The van der Waals surface area contributed by atoms with Gasteiger partial charge in [-0.25, -0.2) is 0 Å². The van der Waals surface area contributed by atoms with Crippen LogP contribution in [0, 0.1) is 23.7 Å². The van der Waals surface area contributed by atoms with Gasteiger partial charge in [-0.3, -0.25) is 0 Å². The molecule has 0 aliphatic carbocycles. The minimum atomic E-state index is -0.991. The van der Waals surface area contributed by atoms with Crippen molar-refractivity contribution in [2.24, 2.45) is 23.7 Å². The molecule has 0 saturated carbocycles. The summed E-state index contributed by atoms with van der Waals surface area (Å²) in [5.41, 5.74) is 0. The second kappa shape index (κ2) is 20.1. The van der Waals surface area contributed by atoms with Gasteiger partial charge in [0.05, 0.1) is 0 Å². The third-order valence-electron chi connectivity index (χ3n) is 1.89. The molecule has 0 aromatic carbocycles. The van der Waals surface area contributed by atoms with Gasteiger partial charge in [-0.1, -0.05) is 55.4 Å². The molecule has 0 rings (SSSR count). The normalized spacial score (nSPS) is 8.80. The molecule has 0 radical (unpaired) electrons. The molecule has 0 spiro atoms. The summed E-state index contributed by atoms with van der Waals surface area (Å²) < 4.78 is 0. The second-order valence-electron chi connectivity index (χ2n) is 5.89. The first-order valence-corrected chi connectivity index (χ1v) is 7.41. The topological polar surface area (TPSA) is 161 Å². The molecule has 144 valence electrons. The maximum atomic E-state index is 9.59. The van der Waals surface area contributed by atoms with E-state index in [0.29, 0.717) is 0 Å². The van der Waals surface area contributed by atoms with Crippen molar-refractivity contribution in [1.29, 1.82) is 0 Å². The average molecular weight is 376 g/mol. The van der Waals surface area contributed by atoms with Crippen LogP contribution in [0.25, 0.3) is 0 Å². The van der Waals surface area contributed by atoms with Crippen molar-refractivity contribution >= 4 is 34.8 Å². The Hall–Kier alpha value is -1.90. The van der Waals surface area contributed by atoms with Crippen LogP contribution >= 0.6 is 0 Å². The van der Waals surface area contributed by atoms with Gasteiger partial charge in [0.25, 0.3) is 0 Å². The van der Waals surface area contributed by atoms with Gasteiger partial charge >= 0.3 is 11.0 Å². The standard InChI is InChI=1S/4C4H8O2.Si/c4*1-3(2)4(5)6;/h4*3H,1-2H3,(H,5,6);/q;;;;+4/p-4. The Kier molecular flexibility index (Phi) is 27.7. The Labute approximate surface area is 154 Å². The van der Waals surface area contributed by atoms with Crippen LogP contribution in [0.3, 0.4) is 0 Å². The van der Waals surface area contributed by atoms with Crippen LogP contribution in [0.5, 0.6) is 0 Å². The average Bonchev–Trinajstić information content (AvgIpc) is 2.40. The van der Waals surface area contributed by atoms with E-state index < -0.39 is 23.9 Å². The van der Waals surface area contributed by atoms with Crippen LogP contribution in [0.4, 0.5) is 0 Å². The predicted molar refractivity (Wildman–Crippen MR) is 85.1 cm³/mol. The zero-order valence-electron chi connectivity index (χ0n) is 16.1. The number of carbonyl (C=O) groups is 4. The Morgan fingerprint density at radius 1 is 0.440 bits per heavy atom. The van der Waals surface area contributed by atoms with E-state index in [9.17, 15) is 39.6 Å². The molecule has 0 unspecified atom stereocenters. The summed E-state index contributed by atoms with van der Waals surface area (Å²) in [5.74, 6) is -5.33. The van der Waals surface area contributed by atoms with Crippen molar-refractivity contribution in [3.63, 3.8) is 0 Å². The Balaban J connectivity index is -0.0000000702. The van der Waals surface area contributed by atoms with Crippen LogP contribution in [0.2, 0.25) is 0 Å².